The van der Waals surface area contributed by atoms with E-state index in [1.54, 1.807) is 17.4 Å². The molecule has 1 atom stereocenters. The molecule has 2 aromatic heterocycles. The Bertz CT molecular complexity index is 933. The Morgan fingerprint density at radius 2 is 2.23 bits per heavy atom. The summed E-state index contributed by atoms with van der Waals surface area (Å²) in [5.74, 6) is 0.131. The second-order valence-electron chi connectivity index (χ2n) is 6.77. The first kappa shape index (κ1) is 16.8. The van der Waals surface area contributed by atoms with E-state index in [2.05, 4.69) is 4.98 Å². The lowest BCUT2D eigenvalue weighted by Gasteiger charge is -2.16. The zero-order valence-electron chi connectivity index (χ0n) is 14.3. The lowest BCUT2D eigenvalue weighted by Crippen LogP contribution is -2.30. The Kier molecular flexibility index (Phi) is 4.46. The molecule has 0 radical (unpaired) electrons. The van der Waals surface area contributed by atoms with E-state index >= 15 is 0 Å². The van der Waals surface area contributed by atoms with Gasteiger partial charge in [-0.15, -0.1) is 11.3 Å². The number of likely N-dealkylation sites (tertiary alicyclic amines) is 1. The van der Waals surface area contributed by atoms with Gasteiger partial charge in [0, 0.05) is 36.4 Å². The first-order chi connectivity index (χ1) is 12.6. The van der Waals surface area contributed by atoms with Gasteiger partial charge in [0.15, 0.2) is 4.96 Å². The monoisotopic (exact) mass is 368 g/mol. The van der Waals surface area contributed by atoms with Crippen molar-refractivity contribution in [1.82, 2.24) is 14.3 Å². The summed E-state index contributed by atoms with van der Waals surface area (Å²) in [6.07, 6.45) is 6.05. The van der Waals surface area contributed by atoms with E-state index in [1.807, 2.05) is 45.3 Å². The maximum atomic E-state index is 12.6. The van der Waals surface area contributed by atoms with Crippen LogP contribution in [0.25, 0.3) is 4.96 Å². The molecule has 1 fully saturated rings. The van der Waals surface area contributed by atoms with E-state index in [9.17, 15) is 9.59 Å². The predicted octanol–water partition coefficient (Wildman–Crippen LogP) is 2.13. The summed E-state index contributed by atoms with van der Waals surface area (Å²) in [6.45, 7) is 1.53. The number of benzene rings is 1. The number of amides is 2. The molecule has 1 aromatic carbocycles. The molecule has 0 bridgehead atoms. The van der Waals surface area contributed by atoms with Crippen molar-refractivity contribution in [3.05, 3.63) is 58.9 Å². The highest BCUT2D eigenvalue weighted by molar-refractivity contribution is 7.15. The third-order valence-electron chi connectivity index (χ3n) is 4.85. The molecular weight excluding hydrogens is 348 g/mol. The molecule has 6 nitrogen and oxygen atoms in total. The van der Waals surface area contributed by atoms with Crippen molar-refractivity contribution in [3.63, 3.8) is 0 Å². The van der Waals surface area contributed by atoms with Crippen LogP contribution in [0.2, 0.25) is 0 Å². The number of nitrogens with zero attached hydrogens (tertiary/aromatic N) is 3. The van der Waals surface area contributed by atoms with Crippen LogP contribution in [-0.2, 0) is 17.6 Å². The van der Waals surface area contributed by atoms with Crippen molar-refractivity contribution in [2.24, 2.45) is 11.7 Å². The van der Waals surface area contributed by atoms with Crippen LogP contribution in [0.5, 0.6) is 0 Å². The van der Waals surface area contributed by atoms with Gasteiger partial charge in [0.25, 0.3) is 0 Å². The average molecular weight is 368 g/mol. The van der Waals surface area contributed by atoms with Crippen LogP contribution >= 0.6 is 11.3 Å². The fraction of sp³-hybridized carbons (Fsp3) is 0.316. The number of rotatable bonds is 5. The Labute approximate surface area is 155 Å². The third kappa shape index (κ3) is 3.48. The quantitative estimate of drug-likeness (QED) is 0.749. The van der Waals surface area contributed by atoms with Gasteiger partial charge in [-0.3, -0.25) is 14.0 Å². The van der Waals surface area contributed by atoms with Crippen molar-refractivity contribution in [1.29, 1.82) is 0 Å². The molecule has 0 aliphatic carbocycles. The molecule has 0 spiro atoms. The molecule has 2 amide bonds. The Morgan fingerprint density at radius 3 is 3.04 bits per heavy atom. The predicted molar refractivity (Wildman–Crippen MR) is 100 cm³/mol. The third-order valence-corrected chi connectivity index (χ3v) is 5.62. The zero-order chi connectivity index (χ0) is 18.1. The number of fused-ring (bicyclic) bond motifs is 1. The van der Waals surface area contributed by atoms with E-state index < -0.39 is 5.91 Å². The molecule has 1 aliphatic rings. The van der Waals surface area contributed by atoms with Crippen LogP contribution in [0.3, 0.4) is 0 Å². The van der Waals surface area contributed by atoms with E-state index in [4.69, 9.17) is 5.73 Å². The van der Waals surface area contributed by atoms with Gasteiger partial charge in [-0.2, -0.15) is 0 Å². The first-order valence-corrected chi connectivity index (χ1v) is 9.54. The van der Waals surface area contributed by atoms with E-state index in [0.29, 0.717) is 17.9 Å². The molecule has 1 unspecified atom stereocenters. The summed E-state index contributed by atoms with van der Waals surface area (Å²) >= 11 is 1.57. The Balaban J connectivity index is 1.35. The highest BCUT2D eigenvalue weighted by Gasteiger charge is 2.27. The molecule has 3 heterocycles. The van der Waals surface area contributed by atoms with Gasteiger partial charge in [-0.05, 0) is 36.5 Å². The summed E-state index contributed by atoms with van der Waals surface area (Å²) in [4.78, 5) is 31.2. The van der Waals surface area contributed by atoms with Crippen LogP contribution in [0, 0.1) is 5.92 Å². The maximum Gasteiger partial charge on any atom is 0.248 e. The number of nitrogens with two attached hydrogens (primary N) is 1. The number of carbonyl (C=O) groups excluding carboxylic acids is 2. The van der Waals surface area contributed by atoms with E-state index in [-0.39, 0.29) is 5.91 Å². The van der Waals surface area contributed by atoms with Crippen molar-refractivity contribution in [3.8, 4) is 0 Å². The van der Waals surface area contributed by atoms with E-state index in [0.717, 1.165) is 42.1 Å². The number of hydrogen-bond donors (Lipinski definition) is 1. The second kappa shape index (κ2) is 6.92. The number of thiazole rings is 1. The topological polar surface area (TPSA) is 80.7 Å². The molecule has 1 saturated heterocycles. The van der Waals surface area contributed by atoms with Crippen molar-refractivity contribution >= 4 is 28.1 Å². The van der Waals surface area contributed by atoms with Crippen molar-refractivity contribution < 1.29 is 9.59 Å². The van der Waals surface area contributed by atoms with E-state index in [1.165, 1.54) is 0 Å². The lowest BCUT2D eigenvalue weighted by atomic mass is 9.97. The van der Waals surface area contributed by atoms with Crippen LogP contribution in [0.4, 0.5) is 0 Å². The SMILES string of the molecule is NC(=O)c1cccc(CC2CCN(C(=O)Cc3cn4ccsc4n3)C2)c1. The van der Waals surface area contributed by atoms with Gasteiger partial charge >= 0.3 is 0 Å². The van der Waals surface area contributed by atoms with Gasteiger partial charge in [0.1, 0.15) is 0 Å². The van der Waals surface area contributed by atoms with Crippen LogP contribution in [0.15, 0.2) is 42.0 Å². The minimum absolute atomic E-state index is 0.129. The summed E-state index contributed by atoms with van der Waals surface area (Å²) in [6, 6.07) is 7.45. The minimum Gasteiger partial charge on any atom is -0.366 e. The molecule has 4 rings (SSSR count). The molecule has 3 aromatic rings. The molecule has 134 valence electrons. The Morgan fingerprint density at radius 1 is 1.35 bits per heavy atom. The smallest absolute Gasteiger partial charge is 0.248 e. The summed E-state index contributed by atoms with van der Waals surface area (Å²) in [5.41, 5.74) is 7.79. The molecule has 0 saturated carbocycles. The normalized spacial score (nSPS) is 17.1. The highest BCUT2D eigenvalue weighted by Crippen LogP contribution is 2.22. The molecule has 26 heavy (non-hydrogen) atoms. The lowest BCUT2D eigenvalue weighted by molar-refractivity contribution is -0.129. The second-order valence-corrected chi connectivity index (χ2v) is 7.64. The Hall–Kier alpha value is -2.67. The fourth-order valence-corrected chi connectivity index (χ4v) is 4.26. The van der Waals surface area contributed by atoms with Crippen molar-refractivity contribution in [2.75, 3.05) is 13.1 Å². The molecule has 2 N–H and O–H groups in total. The number of primary amides is 1. The molecule has 7 heteroatoms. The number of hydrogen-bond acceptors (Lipinski definition) is 4. The summed E-state index contributed by atoms with van der Waals surface area (Å²) in [5, 5.41) is 1.98. The van der Waals surface area contributed by atoms with Gasteiger partial charge < -0.3 is 10.6 Å². The number of carbonyl (C=O) groups is 2. The zero-order valence-corrected chi connectivity index (χ0v) is 15.1. The minimum atomic E-state index is -0.407. The highest BCUT2D eigenvalue weighted by atomic mass is 32.1. The summed E-state index contributed by atoms with van der Waals surface area (Å²) < 4.78 is 1.95. The van der Waals surface area contributed by atoms with Crippen LogP contribution < -0.4 is 5.73 Å². The van der Waals surface area contributed by atoms with Gasteiger partial charge in [-0.1, -0.05) is 12.1 Å². The fourth-order valence-electron chi connectivity index (χ4n) is 3.54. The van der Waals surface area contributed by atoms with Gasteiger partial charge in [0.05, 0.1) is 12.1 Å². The van der Waals surface area contributed by atoms with Gasteiger partial charge in [0.2, 0.25) is 11.8 Å². The maximum absolute atomic E-state index is 12.6. The first-order valence-electron chi connectivity index (χ1n) is 8.66. The molecular formula is C19H20N4O2S. The van der Waals surface area contributed by atoms with Crippen LogP contribution in [-0.4, -0.2) is 39.2 Å². The largest absolute Gasteiger partial charge is 0.366 e. The van der Waals surface area contributed by atoms with Gasteiger partial charge in [-0.25, -0.2) is 4.98 Å². The van der Waals surface area contributed by atoms with Crippen LogP contribution in [0.1, 0.15) is 28.0 Å². The standard InChI is InChI=1S/C19H20N4O2S/c20-18(25)15-3-1-2-13(9-15)8-14-4-5-22(11-14)17(24)10-16-12-23-6-7-26-19(23)21-16/h1-3,6-7,9,12,14H,4-5,8,10-11H2,(H2,20,25). The number of aromatic nitrogens is 2. The number of imidazole rings is 1. The average Bonchev–Trinajstić information content (AvgIpc) is 3.31. The molecule has 1 aliphatic heterocycles. The summed E-state index contributed by atoms with van der Waals surface area (Å²) in [7, 11) is 0. The van der Waals surface area contributed by atoms with Crippen molar-refractivity contribution in [2.45, 2.75) is 19.3 Å².